The molecule has 0 aliphatic carbocycles. The number of hydrogen-bond donors (Lipinski definition) is 0. The van der Waals surface area contributed by atoms with Gasteiger partial charge < -0.3 is 9.80 Å². The molecule has 0 radical (unpaired) electrons. The van der Waals surface area contributed by atoms with Crippen molar-refractivity contribution in [1.29, 1.82) is 0 Å². The van der Waals surface area contributed by atoms with Crippen molar-refractivity contribution in [3.05, 3.63) is 28.2 Å². The Kier molecular flexibility index (Phi) is 4.58. The number of hydrogen-bond acceptors (Lipinski definition) is 2. The molecule has 0 unspecified atom stereocenters. The molecule has 1 aromatic rings. The number of carbonyl (C=O) groups is 1. The van der Waals surface area contributed by atoms with Crippen molar-refractivity contribution in [2.24, 2.45) is 5.92 Å². The van der Waals surface area contributed by atoms with Gasteiger partial charge in [-0.15, -0.1) is 0 Å². The molecule has 3 nitrogen and oxygen atoms in total. The van der Waals surface area contributed by atoms with E-state index in [1.807, 2.05) is 36.9 Å². The molecule has 0 atom stereocenters. The highest BCUT2D eigenvalue weighted by Crippen LogP contribution is 2.34. The smallest absolute Gasteiger partial charge is 0.225 e. The molecule has 0 saturated carbocycles. The lowest BCUT2D eigenvalue weighted by Crippen LogP contribution is -2.50. The van der Waals surface area contributed by atoms with Gasteiger partial charge in [-0.05, 0) is 12.1 Å². The first-order valence-electron chi connectivity index (χ1n) is 6.48. The fourth-order valence-electron chi connectivity index (χ4n) is 2.31. The Morgan fingerprint density at radius 3 is 2.11 bits per heavy atom. The molecule has 1 fully saturated rings. The maximum atomic E-state index is 11.9. The number of benzene rings is 1. The van der Waals surface area contributed by atoms with Crippen LogP contribution in [-0.2, 0) is 4.79 Å². The van der Waals surface area contributed by atoms with Crippen LogP contribution in [0.3, 0.4) is 0 Å². The van der Waals surface area contributed by atoms with Gasteiger partial charge in [0.15, 0.2) is 0 Å². The number of amides is 1. The Labute approximate surface area is 124 Å². The number of piperazine rings is 1. The van der Waals surface area contributed by atoms with Crippen LogP contribution in [0.5, 0.6) is 0 Å². The van der Waals surface area contributed by atoms with Crippen molar-refractivity contribution in [2.45, 2.75) is 13.8 Å². The van der Waals surface area contributed by atoms with E-state index in [1.54, 1.807) is 0 Å². The summed E-state index contributed by atoms with van der Waals surface area (Å²) in [5, 5.41) is 1.33. The van der Waals surface area contributed by atoms with E-state index in [2.05, 4.69) is 4.90 Å². The third-order valence-electron chi connectivity index (χ3n) is 3.34. The van der Waals surface area contributed by atoms with E-state index in [4.69, 9.17) is 23.2 Å². The van der Waals surface area contributed by atoms with Crippen LogP contribution in [0.1, 0.15) is 13.8 Å². The maximum absolute atomic E-state index is 11.9. The zero-order chi connectivity index (χ0) is 14.0. The second kappa shape index (κ2) is 6.02. The lowest BCUT2D eigenvalue weighted by atomic mass is 10.1. The monoisotopic (exact) mass is 300 g/mol. The van der Waals surface area contributed by atoms with Crippen molar-refractivity contribution in [1.82, 2.24) is 4.90 Å². The maximum Gasteiger partial charge on any atom is 0.225 e. The van der Waals surface area contributed by atoms with Crippen molar-refractivity contribution >= 4 is 34.8 Å². The van der Waals surface area contributed by atoms with Gasteiger partial charge in [0.2, 0.25) is 5.91 Å². The van der Waals surface area contributed by atoms with Crippen LogP contribution in [-0.4, -0.2) is 37.0 Å². The summed E-state index contributed by atoms with van der Waals surface area (Å²) in [5.41, 5.74) is 0.877. The first-order chi connectivity index (χ1) is 9.00. The number of carbonyl (C=O) groups excluding carboxylic acids is 1. The van der Waals surface area contributed by atoms with E-state index in [1.165, 1.54) is 0 Å². The summed E-state index contributed by atoms with van der Waals surface area (Å²) in [7, 11) is 0. The lowest BCUT2D eigenvalue weighted by Gasteiger charge is -2.37. The van der Waals surface area contributed by atoms with Gasteiger partial charge >= 0.3 is 0 Å². The van der Waals surface area contributed by atoms with Gasteiger partial charge in [-0.2, -0.15) is 0 Å². The molecular formula is C14H18Cl2N2O. The molecule has 1 aliphatic rings. The molecule has 1 amide bonds. The molecule has 0 bridgehead atoms. The Bertz CT molecular complexity index is 448. The van der Waals surface area contributed by atoms with Crippen LogP contribution in [0.15, 0.2) is 18.2 Å². The summed E-state index contributed by atoms with van der Waals surface area (Å²) in [6.07, 6.45) is 0. The molecule has 1 heterocycles. The molecule has 1 aromatic carbocycles. The lowest BCUT2D eigenvalue weighted by molar-refractivity contribution is -0.134. The van der Waals surface area contributed by atoms with Crippen LogP contribution >= 0.6 is 23.2 Å². The summed E-state index contributed by atoms with van der Waals surface area (Å²) >= 11 is 12.4. The number of para-hydroxylation sites is 1. The highest BCUT2D eigenvalue weighted by molar-refractivity contribution is 6.39. The predicted molar refractivity (Wildman–Crippen MR) is 80.1 cm³/mol. The van der Waals surface area contributed by atoms with Crippen molar-refractivity contribution < 1.29 is 4.79 Å². The second-order valence-corrected chi connectivity index (χ2v) is 5.85. The molecule has 0 N–H and O–H groups in total. The third kappa shape index (κ3) is 3.15. The standard InChI is InChI=1S/C14H18Cl2N2O/c1-10(2)14(19)18-8-6-17(7-9-18)13-11(15)4-3-5-12(13)16/h3-5,10H,6-9H2,1-2H3. The fourth-order valence-corrected chi connectivity index (χ4v) is 2.94. The Morgan fingerprint density at radius 2 is 1.63 bits per heavy atom. The van der Waals surface area contributed by atoms with Crippen LogP contribution in [0.4, 0.5) is 5.69 Å². The number of halogens is 2. The molecular weight excluding hydrogens is 283 g/mol. The topological polar surface area (TPSA) is 23.6 Å². The van der Waals surface area contributed by atoms with E-state index in [0.29, 0.717) is 10.0 Å². The van der Waals surface area contributed by atoms with Gasteiger partial charge in [-0.1, -0.05) is 43.1 Å². The Balaban J connectivity index is 2.06. The molecule has 19 heavy (non-hydrogen) atoms. The SMILES string of the molecule is CC(C)C(=O)N1CCN(c2c(Cl)cccc2Cl)CC1. The van der Waals surface area contributed by atoms with Gasteiger partial charge in [0.05, 0.1) is 15.7 Å². The van der Waals surface area contributed by atoms with E-state index in [9.17, 15) is 4.79 Å². The number of nitrogens with zero attached hydrogens (tertiary/aromatic N) is 2. The summed E-state index contributed by atoms with van der Waals surface area (Å²) in [6, 6.07) is 5.52. The molecule has 5 heteroatoms. The number of rotatable bonds is 2. The van der Waals surface area contributed by atoms with Crippen LogP contribution < -0.4 is 4.90 Å². The van der Waals surface area contributed by atoms with Gasteiger partial charge in [-0.25, -0.2) is 0 Å². The average Bonchev–Trinajstić information content (AvgIpc) is 2.38. The second-order valence-electron chi connectivity index (χ2n) is 5.04. The third-order valence-corrected chi connectivity index (χ3v) is 3.95. The van der Waals surface area contributed by atoms with Crippen molar-refractivity contribution in [3.8, 4) is 0 Å². The van der Waals surface area contributed by atoms with Gasteiger partial charge in [0.25, 0.3) is 0 Å². The van der Waals surface area contributed by atoms with Gasteiger partial charge in [-0.3, -0.25) is 4.79 Å². The van der Waals surface area contributed by atoms with E-state index < -0.39 is 0 Å². The largest absolute Gasteiger partial charge is 0.366 e. The zero-order valence-electron chi connectivity index (χ0n) is 11.2. The predicted octanol–water partition coefficient (Wildman–Crippen LogP) is 3.30. The van der Waals surface area contributed by atoms with Gasteiger partial charge in [0.1, 0.15) is 0 Å². The average molecular weight is 301 g/mol. The highest BCUT2D eigenvalue weighted by Gasteiger charge is 2.24. The summed E-state index contributed by atoms with van der Waals surface area (Å²) in [4.78, 5) is 16.0. The molecule has 0 spiro atoms. The molecule has 104 valence electrons. The quantitative estimate of drug-likeness (QED) is 0.837. The summed E-state index contributed by atoms with van der Waals surface area (Å²) in [6.45, 7) is 6.83. The zero-order valence-corrected chi connectivity index (χ0v) is 12.7. The molecule has 1 saturated heterocycles. The molecule has 2 rings (SSSR count). The van der Waals surface area contributed by atoms with Gasteiger partial charge in [0, 0.05) is 32.1 Å². The molecule has 1 aliphatic heterocycles. The van der Waals surface area contributed by atoms with E-state index in [0.717, 1.165) is 31.9 Å². The summed E-state index contributed by atoms with van der Waals surface area (Å²) in [5.74, 6) is 0.264. The van der Waals surface area contributed by atoms with Crippen molar-refractivity contribution in [3.63, 3.8) is 0 Å². The van der Waals surface area contributed by atoms with Crippen LogP contribution in [0, 0.1) is 5.92 Å². The van der Waals surface area contributed by atoms with Crippen molar-refractivity contribution in [2.75, 3.05) is 31.1 Å². The first kappa shape index (κ1) is 14.5. The minimum absolute atomic E-state index is 0.0513. The normalized spacial score (nSPS) is 16.1. The van der Waals surface area contributed by atoms with E-state index in [-0.39, 0.29) is 11.8 Å². The Hall–Kier alpha value is -0.930. The number of anilines is 1. The van der Waals surface area contributed by atoms with Crippen LogP contribution in [0.25, 0.3) is 0 Å². The minimum Gasteiger partial charge on any atom is -0.366 e. The Morgan fingerprint density at radius 1 is 1.11 bits per heavy atom. The van der Waals surface area contributed by atoms with Crippen LogP contribution in [0.2, 0.25) is 10.0 Å². The minimum atomic E-state index is 0.0513. The summed E-state index contributed by atoms with van der Waals surface area (Å²) < 4.78 is 0. The highest BCUT2D eigenvalue weighted by atomic mass is 35.5. The first-order valence-corrected chi connectivity index (χ1v) is 7.24. The fraction of sp³-hybridized carbons (Fsp3) is 0.500. The van der Waals surface area contributed by atoms with E-state index >= 15 is 0 Å². The molecule has 0 aromatic heterocycles.